The number of ketones is 1. The first-order chi connectivity index (χ1) is 7.50. The van der Waals surface area contributed by atoms with E-state index in [1.54, 1.807) is 6.92 Å². The number of nitrogens with zero attached hydrogens (tertiary/aromatic N) is 2. The van der Waals surface area contributed by atoms with Gasteiger partial charge >= 0.3 is 0 Å². The van der Waals surface area contributed by atoms with Crippen LogP contribution in [0.15, 0.2) is 12.1 Å². The minimum absolute atomic E-state index is 0.121. The van der Waals surface area contributed by atoms with Crippen LogP contribution in [-0.4, -0.2) is 15.6 Å². The van der Waals surface area contributed by atoms with Crippen molar-refractivity contribution in [1.82, 2.24) is 9.78 Å². The van der Waals surface area contributed by atoms with Crippen molar-refractivity contribution in [1.29, 1.82) is 0 Å². The Kier molecular flexibility index (Phi) is 2.68. The van der Waals surface area contributed by atoms with Gasteiger partial charge in [0.2, 0.25) is 0 Å². The summed E-state index contributed by atoms with van der Waals surface area (Å²) in [5, 5.41) is 4.38. The molecule has 0 amide bonds. The molecule has 0 aliphatic carbocycles. The van der Waals surface area contributed by atoms with E-state index in [9.17, 15) is 4.79 Å². The third-order valence-corrected chi connectivity index (χ3v) is 3.91. The standard InChI is InChI=1S/C12H14N2OS/c1-7-12(8(2)14(4)13-7)11-6-5-10(16-11)9(3)15/h5-6H,1-4H3. The van der Waals surface area contributed by atoms with Crippen molar-refractivity contribution < 1.29 is 4.79 Å². The molecule has 0 unspecified atom stereocenters. The maximum absolute atomic E-state index is 11.3. The second-order valence-electron chi connectivity index (χ2n) is 3.89. The van der Waals surface area contributed by atoms with Gasteiger partial charge in [-0.25, -0.2) is 0 Å². The Morgan fingerprint density at radius 1 is 1.38 bits per heavy atom. The zero-order chi connectivity index (χ0) is 11.9. The van der Waals surface area contributed by atoms with Gasteiger partial charge in [0.15, 0.2) is 5.78 Å². The molecule has 4 heteroatoms. The van der Waals surface area contributed by atoms with Crippen LogP contribution in [0.25, 0.3) is 10.4 Å². The van der Waals surface area contributed by atoms with Gasteiger partial charge in [0.1, 0.15) is 0 Å². The molecule has 0 aliphatic rings. The van der Waals surface area contributed by atoms with Gasteiger partial charge in [-0.1, -0.05) is 0 Å². The van der Waals surface area contributed by atoms with Crippen LogP contribution in [0.3, 0.4) is 0 Å². The number of Topliss-reactive ketones (excluding diaryl/α,β-unsaturated/α-hetero) is 1. The van der Waals surface area contributed by atoms with E-state index >= 15 is 0 Å². The highest BCUT2D eigenvalue weighted by Crippen LogP contribution is 2.32. The van der Waals surface area contributed by atoms with Crippen LogP contribution in [0.1, 0.15) is 28.0 Å². The Balaban J connectivity index is 2.54. The van der Waals surface area contributed by atoms with Gasteiger partial charge in [0, 0.05) is 23.2 Å². The fourth-order valence-corrected chi connectivity index (χ4v) is 2.84. The Bertz CT molecular complexity index is 551. The summed E-state index contributed by atoms with van der Waals surface area (Å²) in [5.74, 6) is 0.121. The van der Waals surface area contributed by atoms with Gasteiger partial charge in [-0.3, -0.25) is 9.48 Å². The average molecular weight is 234 g/mol. The molecule has 0 saturated carbocycles. The van der Waals surface area contributed by atoms with Gasteiger partial charge in [-0.2, -0.15) is 5.10 Å². The van der Waals surface area contributed by atoms with Crippen molar-refractivity contribution in [3.63, 3.8) is 0 Å². The molecule has 3 nitrogen and oxygen atoms in total. The average Bonchev–Trinajstić information content (AvgIpc) is 2.74. The van der Waals surface area contributed by atoms with Crippen molar-refractivity contribution in [2.45, 2.75) is 20.8 Å². The van der Waals surface area contributed by atoms with Crippen LogP contribution in [0.4, 0.5) is 0 Å². The Morgan fingerprint density at radius 3 is 2.50 bits per heavy atom. The molecular formula is C12H14N2OS. The number of carbonyl (C=O) groups is 1. The van der Waals surface area contributed by atoms with Crippen molar-refractivity contribution in [2.75, 3.05) is 0 Å². The number of carbonyl (C=O) groups excluding carboxylic acids is 1. The zero-order valence-corrected chi connectivity index (χ0v) is 10.7. The summed E-state index contributed by atoms with van der Waals surface area (Å²) in [6.45, 7) is 5.64. The summed E-state index contributed by atoms with van der Waals surface area (Å²) in [5.41, 5.74) is 3.30. The molecule has 16 heavy (non-hydrogen) atoms. The van der Waals surface area contributed by atoms with E-state index in [0.29, 0.717) is 0 Å². The van der Waals surface area contributed by atoms with Crippen LogP contribution in [0.5, 0.6) is 0 Å². The van der Waals surface area contributed by atoms with Gasteiger partial charge in [0.05, 0.1) is 10.6 Å². The van der Waals surface area contributed by atoms with E-state index in [2.05, 4.69) is 5.10 Å². The van der Waals surface area contributed by atoms with Gasteiger partial charge in [-0.15, -0.1) is 11.3 Å². The fourth-order valence-electron chi connectivity index (χ4n) is 1.79. The highest BCUT2D eigenvalue weighted by Gasteiger charge is 2.14. The molecule has 2 aromatic heterocycles. The third kappa shape index (κ3) is 1.69. The molecule has 2 rings (SSSR count). The second kappa shape index (κ2) is 3.87. The van der Waals surface area contributed by atoms with Crippen LogP contribution >= 0.6 is 11.3 Å². The lowest BCUT2D eigenvalue weighted by Gasteiger charge is -1.97. The smallest absolute Gasteiger partial charge is 0.169 e. The molecule has 0 aliphatic heterocycles. The summed E-state index contributed by atoms with van der Waals surface area (Å²) in [6, 6.07) is 3.88. The highest BCUT2D eigenvalue weighted by molar-refractivity contribution is 7.17. The maximum atomic E-state index is 11.3. The maximum Gasteiger partial charge on any atom is 0.169 e. The predicted octanol–water partition coefficient (Wildman–Crippen LogP) is 2.97. The lowest BCUT2D eigenvalue weighted by molar-refractivity contribution is 0.102. The molecular weight excluding hydrogens is 220 g/mol. The summed E-state index contributed by atoms with van der Waals surface area (Å²) in [6.07, 6.45) is 0. The first-order valence-corrected chi connectivity index (χ1v) is 5.93. The number of hydrogen-bond acceptors (Lipinski definition) is 3. The highest BCUT2D eigenvalue weighted by atomic mass is 32.1. The normalized spacial score (nSPS) is 10.8. The van der Waals surface area contributed by atoms with Crippen molar-refractivity contribution >= 4 is 17.1 Å². The molecule has 0 fully saturated rings. The Labute approximate surface area is 98.7 Å². The molecule has 0 radical (unpaired) electrons. The van der Waals surface area contributed by atoms with E-state index in [1.165, 1.54) is 11.3 Å². The number of aromatic nitrogens is 2. The monoisotopic (exact) mass is 234 g/mol. The van der Waals surface area contributed by atoms with E-state index in [4.69, 9.17) is 0 Å². The lowest BCUT2D eigenvalue weighted by Crippen LogP contribution is -1.92. The van der Waals surface area contributed by atoms with Crippen LogP contribution in [0, 0.1) is 13.8 Å². The van der Waals surface area contributed by atoms with Gasteiger partial charge in [-0.05, 0) is 32.9 Å². The molecule has 0 spiro atoms. The minimum Gasteiger partial charge on any atom is -0.294 e. The summed E-state index contributed by atoms with van der Waals surface area (Å²) in [7, 11) is 1.94. The molecule has 0 bridgehead atoms. The third-order valence-electron chi connectivity index (χ3n) is 2.71. The largest absolute Gasteiger partial charge is 0.294 e. The Hall–Kier alpha value is -1.42. The van der Waals surface area contributed by atoms with Gasteiger partial charge < -0.3 is 0 Å². The first kappa shape index (κ1) is 11.1. The Morgan fingerprint density at radius 2 is 2.06 bits per heavy atom. The van der Waals surface area contributed by atoms with Crippen molar-refractivity contribution in [2.24, 2.45) is 7.05 Å². The number of thiophene rings is 1. The molecule has 0 N–H and O–H groups in total. The van der Waals surface area contributed by atoms with Crippen LogP contribution < -0.4 is 0 Å². The fraction of sp³-hybridized carbons (Fsp3) is 0.333. The SMILES string of the molecule is CC(=O)c1ccc(-c2c(C)nn(C)c2C)s1. The van der Waals surface area contributed by atoms with Crippen molar-refractivity contribution in [3.05, 3.63) is 28.4 Å². The van der Waals surface area contributed by atoms with Crippen LogP contribution in [-0.2, 0) is 7.05 Å². The van der Waals surface area contributed by atoms with E-state index in [1.807, 2.05) is 37.7 Å². The zero-order valence-electron chi connectivity index (χ0n) is 9.87. The summed E-state index contributed by atoms with van der Waals surface area (Å²) < 4.78 is 1.87. The van der Waals surface area contributed by atoms with E-state index < -0.39 is 0 Å². The molecule has 0 atom stereocenters. The van der Waals surface area contributed by atoms with Gasteiger partial charge in [0.25, 0.3) is 0 Å². The van der Waals surface area contributed by atoms with Crippen LogP contribution in [0.2, 0.25) is 0 Å². The quantitative estimate of drug-likeness (QED) is 0.749. The minimum atomic E-state index is 0.121. The lowest BCUT2D eigenvalue weighted by atomic mass is 10.1. The predicted molar refractivity (Wildman–Crippen MR) is 66.0 cm³/mol. The number of rotatable bonds is 2. The second-order valence-corrected chi connectivity index (χ2v) is 4.97. The summed E-state index contributed by atoms with van der Waals surface area (Å²) in [4.78, 5) is 13.2. The molecule has 0 saturated heterocycles. The topological polar surface area (TPSA) is 34.9 Å². The molecule has 0 aromatic carbocycles. The van der Waals surface area contributed by atoms with E-state index in [0.717, 1.165) is 26.7 Å². The number of aryl methyl sites for hydroxylation is 2. The molecule has 2 heterocycles. The number of hydrogen-bond donors (Lipinski definition) is 0. The molecule has 2 aromatic rings. The summed E-state index contributed by atoms with van der Waals surface area (Å²) >= 11 is 1.53. The molecule has 84 valence electrons. The van der Waals surface area contributed by atoms with E-state index in [-0.39, 0.29) is 5.78 Å². The first-order valence-electron chi connectivity index (χ1n) is 5.12. The van der Waals surface area contributed by atoms with Crippen molar-refractivity contribution in [3.8, 4) is 10.4 Å².